The molecule has 1 heterocycles. The molecule has 3 N–H and O–H groups in total. The van der Waals surface area contributed by atoms with E-state index in [0.717, 1.165) is 5.56 Å². The number of benzene rings is 2. The Morgan fingerprint density at radius 2 is 1.94 bits per heavy atom. The number of likely N-dealkylation sites (N-methyl/N-ethyl adjacent to an activating group) is 1. The number of nitrogens with zero attached hydrogens (tertiary/aromatic N) is 1. The van der Waals surface area contributed by atoms with Crippen LogP contribution >= 0.6 is 0 Å². The fourth-order valence-electron chi connectivity index (χ4n) is 3.21. The average Bonchev–Trinajstić information content (AvgIpc) is 3.13. The predicted octanol–water partition coefficient (Wildman–Crippen LogP) is 1.79. The zero-order valence-electron chi connectivity index (χ0n) is 17.4. The van der Waals surface area contributed by atoms with Gasteiger partial charge in [-0.1, -0.05) is 24.3 Å². The molecular formula is C22H25FN4O4. The van der Waals surface area contributed by atoms with Gasteiger partial charge in [0.1, 0.15) is 11.9 Å². The number of anilines is 1. The third-order valence-corrected chi connectivity index (χ3v) is 4.88. The molecule has 3 amide bonds. The van der Waals surface area contributed by atoms with Crippen LogP contribution in [0.25, 0.3) is 11.1 Å². The molecule has 0 saturated carbocycles. The van der Waals surface area contributed by atoms with Gasteiger partial charge in [0.25, 0.3) is 0 Å². The molecule has 3 rings (SSSR count). The molecule has 2 aromatic carbocycles. The molecule has 0 aromatic heterocycles. The van der Waals surface area contributed by atoms with Crippen LogP contribution in [-0.4, -0.2) is 50.7 Å². The topological polar surface area (TPSA) is 99.8 Å². The van der Waals surface area contributed by atoms with Crippen molar-refractivity contribution in [2.45, 2.75) is 19.6 Å². The highest BCUT2D eigenvalue weighted by atomic mass is 19.1. The number of nitrogens with one attached hydrogen (secondary N) is 3. The first-order chi connectivity index (χ1) is 14.9. The number of hydrogen-bond donors (Lipinski definition) is 3. The summed E-state index contributed by atoms with van der Waals surface area (Å²) in [6.45, 7) is 2.57. The van der Waals surface area contributed by atoms with Crippen molar-refractivity contribution in [1.29, 1.82) is 0 Å². The first kappa shape index (κ1) is 22.2. The van der Waals surface area contributed by atoms with E-state index in [0.29, 0.717) is 23.4 Å². The lowest BCUT2D eigenvalue weighted by molar-refractivity contribution is -0.120. The summed E-state index contributed by atoms with van der Waals surface area (Å²) in [6, 6.07) is 11.9. The fourth-order valence-corrected chi connectivity index (χ4v) is 3.21. The summed E-state index contributed by atoms with van der Waals surface area (Å²) in [6.07, 6.45) is -1.06. The standard InChI is InChI=1S/C22H25FN4O4/c1-14(28)26-11-18-13-27(22(30)31-18)17-7-8-19(20(23)9-17)16-5-3-15(4-6-16)10-25-12-21(29)24-2/h3-9,18,25H,10-13H2,1-2H3,(H,24,29)(H,26,28). The van der Waals surface area contributed by atoms with E-state index in [-0.39, 0.29) is 31.4 Å². The number of carbonyl (C=O) groups is 3. The minimum Gasteiger partial charge on any atom is -0.442 e. The van der Waals surface area contributed by atoms with Crippen LogP contribution in [0.2, 0.25) is 0 Å². The molecule has 2 aromatic rings. The zero-order valence-corrected chi connectivity index (χ0v) is 17.4. The maximum absolute atomic E-state index is 14.8. The number of amides is 3. The van der Waals surface area contributed by atoms with Crippen molar-refractivity contribution < 1.29 is 23.5 Å². The Bertz CT molecular complexity index is 964. The molecule has 0 spiro atoms. The Labute approximate surface area is 179 Å². The molecule has 31 heavy (non-hydrogen) atoms. The van der Waals surface area contributed by atoms with Crippen LogP contribution in [0.4, 0.5) is 14.9 Å². The fraction of sp³-hybridized carbons (Fsp3) is 0.318. The summed E-state index contributed by atoms with van der Waals surface area (Å²) < 4.78 is 20.0. The highest BCUT2D eigenvalue weighted by molar-refractivity contribution is 5.90. The first-order valence-corrected chi connectivity index (χ1v) is 9.90. The Morgan fingerprint density at radius 3 is 2.58 bits per heavy atom. The monoisotopic (exact) mass is 428 g/mol. The van der Waals surface area contributed by atoms with E-state index in [1.165, 1.54) is 17.9 Å². The summed E-state index contributed by atoms with van der Waals surface area (Å²) >= 11 is 0. The average molecular weight is 428 g/mol. The van der Waals surface area contributed by atoms with Crippen LogP contribution in [-0.2, 0) is 20.9 Å². The molecule has 1 aliphatic heterocycles. The lowest BCUT2D eigenvalue weighted by atomic mass is 10.0. The van der Waals surface area contributed by atoms with Gasteiger partial charge in [0.05, 0.1) is 25.3 Å². The molecule has 1 unspecified atom stereocenters. The molecule has 0 bridgehead atoms. The number of carbonyl (C=O) groups excluding carboxylic acids is 3. The Kier molecular flexibility index (Phi) is 7.19. The van der Waals surface area contributed by atoms with E-state index in [1.807, 2.05) is 24.3 Å². The van der Waals surface area contributed by atoms with Gasteiger partial charge in [-0.3, -0.25) is 14.5 Å². The van der Waals surface area contributed by atoms with Crippen molar-refractivity contribution in [1.82, 2.24) is 16.0 Å². The highest BCUT2D eigenvalue weighted by Gasteiger charge is 2.32. The van der Waals surface area contributed by atoms with Gasteiger partial charge < -0.3 is 20.7 Å². The van der Waals surface area contributed by atoms with Crippen LogP contribution < -0.4 is 20.9 Å². The zero-order chi connectivity index (χ0) is 22.4. The summed E-state index contributed by atoms with van der Waals surface area (Å²) in [4.78, 5) is 35.7. The smallest absolute Gasteiger partial charge is 0.414 e. The van der Waals surface area contributed by atoms with Gasteiger partial charge in [0, 0.05) is 26.1 Å². The summed E-state index contributed by atoms with van der Waals surface area (Å²) in [5.74, 6) is -0.763. The normalized spacial score (nSPS) is 15.5. The van der Waals surface area contributed by atoms with Gasteiger partial charge in [-0.15, -0.1) is 0 Å². The summed E-state index contributed by atoms with van der Waals surface area (Å²) in [5.41, 5.74) is 2.48. The molecule has 8 nitrogen and oxygen atoms in total. The minimum absolute atomic E-state index is 0.0953. The van der Waals surface area contributed by atoms with Crippen molar-refractivity contribution in [2.24, 2.45) is 0 Å². The first-order valence-electron chi connectivity index (χ1n) is 9.90. The largest absolute Gasteiger partial charge is 0.442 e. The predicted molar refractivity (Wildman–Crippen MR) is 114 cm³/mol. The summed E-state index contributed by atoms with van der Waals surface area (Å²) in [7, 11) is 1.58. The van der Waals surface area contributed by atoms with Crippen molar-refractivity contribution in [3.63, 3.8) is 0 Å². The Morgan fingerprint density at radius 1 is 1.19 bits per heavy atom. The molecule has 164 valence electrons. The van der Waals surface area contributed by atoms with Gasteiger partial charge in [0.2, 0.25) is 11.8 Å². The van der Waals surface area contributed by atoms with E-state index in [9.17, 15) is 18.8 Å². The third kappa shape index (κ3) is 5.79. The quantitative estimate of drug-likeness (QED) is 0.595. The Balaban J connectivity index is 1.65. The minimum atomic E-state index is -0.573. The van der Waals surface area contributed by atoms with E-state index < -0.39 is 18.0 Å². The van der Waals surface area contributed by atoms with Crippen LogP contribution in [0.3, 0.4) is 0 Å². The highest BCUT2D eigenvalue weighted by Crippen LogP contribution is 2.29. The number of halogens is 1. The van der Waals surface area contributed by atoms with Crippen LogP contribution in [0.1, 0.15) is 12.5 Å². The lowest BCUT2D eigenvalue weighted by Gasteiger charge is -2.15. The second-order valence-corrected chi connectivity index (χ2v) is 7.19. The summed E-state index contributed by atoms with van der Waals surface area (Å²) in [5, 5.41) is 8.17. The second kappa shape index (κ2) is 10.0. The van der Waals surface area contributed by atoms with Gasteiger partial charge in [0.15, 0.2) is 0 Å². The molecular weight excluding hydrogens is 403 g/mol. The third-order valence-electron chi connectivity index (χ3n) is 4.88. The maximum Gasteiger partial charge on any atom is 0.414 e. The van der Waals surface area contributed by atoms with Gasteiger partial charge >= 0.3 is 6.09 Å². The van der Waals surface area contributed by atoms with E-state index in [2.05, 4.69) is 16.0 Å². The molecule has 0 aliphatic carbocycles. The van der Waals surface area contributed by atoms with Gasteiger partial charge in [-0.25, -0.2) is 9.18 Å². The van der Waals surface area contributed by atoms with Crippen molar-refractivity contribution in [3.05, 3.63) is 53.8 Å². The van der Waals surface area contributed by atoms with Gasteiger partial charge in [-0.05, 0) is 29.3 Å². The number of rotatable bonds is 8. The van der Waals surface area contributed by atoms with E-state index >= 15 is 0 Å². The molecule has 9 heteroatoms. The molecule has 1 aliphatic rings. The lowest BCUT2D eigenvalue weighted by Crippen LogP contribution is -2.33. The Hall–Kier alpha value is -3.46. The SMILES string of the molecule is CNC(=O)CNCc1ccc(-c2ccc(N3CC(CNC(C)=O)OC3=O)cc2F)cc1. The molecule has 1 fully saturated rings. The van der Waals surface area contributed by atoms with E-state index in [4.69, 9.17) is 4.74 Å². The van der Waals surface area contributed by atoms with Crippen molar-refractivity contribution in [2.75, 3.05) is 31.6 Å². The van der Waals surface area contributed by atoms with Crippen LogP contribution in [0.15, 0.2) is 42.5 Å². The van der Waals surface area contributed by atoms with Crippen LogP contribution in [0, 0.1) is 5.82 Å². The maximum atomic E-state index is 14.8. The van der Waals surface area contributed by atoms with Crippen molar-refractivity contribution >= 4 is 23.6 Å². The van der Waals surface area contributed by atoms with E-state index in [1.54, 1.807) is 19.2 Å². The number of hydrogen-bond acceptors (Lipinski definition) is 5. The van der Waals surface area contributed by atoms with Crippen molar-refractivity contribution in [3.8, 4) is 11.1 Å². The number of cyclic esters (lactones) is 1. The van der Waals surface area contributed by atoms with Gasteiger partial charge in [-0.2, -0.15) is 0 Å². The number of ether oxygens (including phenoxy) is 1. The molecule has 1 atom stereocenters. The second-order valence-electron chi connectivity index (χ2n) is 7.19. The molecule has 1 saturated heterocycles. The van der Waals surface area contributed by atoms with Crippen LogP contribution in [0.5, 0.6) is 0 Å². The molecule has 0 radical (unpaired) electrons.